The molecule has 0 rings (SSSR count). The lowest BCUT2D eigenvalue weighted by molar-refractivity contribution is 0.0585. The van der Waals surface area contributed by atoms with Gasteiger partial charge in [-0.05, 0) is 52.9 Å². The standard InChI is InChI=1S/C20H43NO3Si/c1-8-12-13-14-20(15-16-21-19(7)17-18(5)6)25(22-9-2,23-10-3)24-11-4/h18,20H,8-17H2,1-7H3. The van der Waals surface area contributed by atoms with Gasteiger partial charge in [0.2, 0.25) is 0 Å². The lowest BCUT2D eigenvalue weighted by Gasteiger charge is -2.35. The third-order valence-electron chi connectivity index (χ3n) is 4.26. The molecule has 0 aliphatic heterocycles. The van der Waals surface area contributed by atoms with E-state index in [1.54, 1.807) is 0 Å². The van der Waals surface area contributed by atoms with Crippen molar-refractivity contribution < 1.29 is 13.3 Å². The van der Waals surface area contributed by atoms with Crippen LogP contribution < -0.4 is 0 Å². The minimum absolute atomic E-state index is 0.342. The molecule has 0 aromatic rings. The van der Waals surface area contributed by atoms with E-state index in [1.807, 2.05) is 20.8 Å². The second-order valence-corrected chi connectivity index (χ2v) is 9.99. The van der Waals surface area contributed by atoms with Crippen LogP contribution >= 0.6 is 0 Å². The molecule has 4 nitrogen and oxygen atoms in total. The topological polar surface area (TPSA) is 40.0 Å². The summed E-state index contributed by atoms with van der Waals surface area (Å²) in [4.78, 5) is 4.80. The maximum Gasteiger partial charge on any atom is 0.504 e. The first-order valence-corrected chi connectivity index (χ1v) is 12.2. The number of nitrogens with zero attached hydrogens (tertiary/aromatic N) is 1. The zero-order valence-corrected chi connectivity index (χ0v) is 18.9. The molecule has 0 radical (unpaired) electrons. The van der Waals surface area contributed by atoms with E-state index in [2.05, 4.69) is 27.7 Å². The van der Waals surface area contributed by atoms with Crippen LogP contribution in [0.15, 0.2) is 4.99 Å². The van der Waals surface area contributed by atoms with Crippen molar-refractivity contribution in [2.45, 2.75) is 92.5 Å². The first-order valence-electron chi connectivity index (χ1n) is 10.4. The molecule has 0 aliphatic carbocycles. The van der Waals surface area contributed by atoms with Crippen LogP contribution in [0.25, 0.3) is 0 Å². The molecule has 150 valence electrons. The molecule has 0 amide bonds. The van der Waals surface area contributed by atoms with Gasteiger partial charge >= 0.3 is 8.80 Å². The summed E-state index contributed by atoms with van der Waals surface area (Å²) in [5, 5.41) is 0. The normalized spacial score (nSPS) is 14.3. The molecule has 0 aromatic heterocycles. The Balaban J connectivity index is 5.11. The van der Waals surface area contributed by atoms with Gasteiger partial charge in [0.05, 0.1) is 0 Å². The van der Waals surface area contributed by atoms with Crippen LogP contribution in [0.5, 0.6) is 0 Å². The van der Waals surface area contributed by atoms with Gasteiger partial charge in [-0.3, -0.25) is 4.99 Å². The van der Waals surface area contributed by atoms with Gasteiger partial charge in [-0.2, -0.15) is 0 Å². The van der Waals surface area contributed by atoms with Gasteiger partial charge in [0.15, 0.2) is 0 Å². The average Bonchev–Trinajstić information content (AvgIpc) is 2.53. The van der Waals surface area contributed by atoms with Gasteiger partial charge in [0, 0.05) is 37.6 Å². The van der Waals surface area contributed by atoms with Crippen LogP contribution in [0.3, 0.4) is 0 Å². The van der Waals surface area contributed by atoms with Crippen molar-refractivity contribution in [1.82, 2.24) is 0 Å². The third kappa shape index (κ3) is 10.5. The van der Waals surface area contributed by atoms with Crippen LogP contribution in [-0.4, -0.2) is 40.9 Å². The van der Waals surface area contributed by atoms with Crippen LogP contribution in [-0.2, 0) is 13.3 Å². The molecule has 1 unspecified atom stereocenters. The molecule has 0 N–H and O–H groups in total. The second kappa shape index (κ2) is 14.9. The second-order valence-electron chi connectivity index (χ2n) is 7.10. The Bertz CT molecular complexity index is 331. The van der Waals surface area contributed by atoms with E-state index in [1.165, 1.54) is 25.0 Å². The van der Waals surface area contributed by atoms with Crippen molar-refractivity contribution in [3.8, 4) is 0 Å². The number of unbranched alkanes of at least 4 members (excludes halogenated alkanes) is 2. The summed E-state index contributed by atoms with van der Waals surface area (Å²) < 4.78 is 18.5. The molecule has 5 heteroatoms. The van der Waals surface area contributed by atoms with Crippen molar-refractivity contribution >= 4 is 14.5 Å². The Labute approximate surface area is 158 Å². The molecule has 0 saturated heterocycles. The van der Waals surface area contributed by atoms with Crippen molar-refractivity contribution in [3.05, 3.63) is 0 Å². The van der Waals surface area contributed by atoms with Crippen molar-refractivity contribution in [3.63, 3.8) is 0 Å². The van der Waals surface area contributed by atoms with Gasteiger partial charge in [-0.25, -0.2) is 0 Å². The predicted molar refractivity (Wildman–Crippen MR) is 111 cm³/mol. The van der Waals surface area contributed by atoms with Crippen molar-refractivity contribution in [2.24, 2.45) is 10.9 Å². The van der Waals surface area contributed by atoms with E-state index in [0.717, 1.165) is 25.8 Å². The highest BCUT2D eigenvalue weighted by Gasteiger charge is 2.48. The molecule has 0 aliphatic rings. The van der Waals surface area contributed by atoms with E-state index in [-0.39, 0.29) is 0 Å². The van der Waals surface area contributed by atoms with Gasteiger partial charge in [0.1, 0.15) is 0 Å². The van der Waals surface area contributed by atoms with E-state index >= 15 is 0 Å². The van der Waals surface area contributed by atoms with Crippen LogP contribution in [0, 0.1) is 5.92 Å². The fourth-order valence-electron chi connectivity index (χ4n) is 3.29. The van der Waals surface area contributed by atoms with E-state index in [9.17, 15) is 0 Å². The van der Waals surface area contributed by atoms with Gasteiger partial charge < -0.3 is 13.3 Å². The van der Waals surface area contributed by atoms with Crippen LogP contribution in [0.4, 0.5) is 0 Å². The van der Waals surface area contributed by atoms with Gasteiger partial charge in [-0.1, -0.05) is 40.0 Å². The summed E-state index contributed by atoms with van der Waals surface area (Å²) >= 11 is 0. The highest BCUT2D eigenvalue weighted by Crippen LogP contribution is 2.34. The maximum atomic E-state index is 6.17. The number of rotatable bonds is 16. The lowest BCUT2D eigenvalue weighted by Crippen LogP contribution is -2.50. The number of hydrogen-bond donors (Lipinski definition) is 0. The molecular formula is C20H43NO3Si. The van der Waals surface area contributed by atoms with Crippen molar-refractivity contribution in [2.75, 3.05) is 26.4 Å². The van der Waals surface area contributed by atoms with Gasteiger partial charge in [0.25, 0.3) is 0 Å². The summed E-state index contributed by atoms with van der Waals surface area (Å²) in [7, 11) is -2.65. The Kier molecular flexibility index (Phi) is 14.7. The summed E-state index contributed by atoms with van der Waals surface area (Å²) in [5.41, 5.74) is 1.59. The fourth-order valence-corrected chi connectivity index (χ4v) is 6.49. The smallest absolute Gasteiger partial charge is 0.374 e. The molecule has 1 atom stereocenters. The SMILES string of the molecule is CCCCCC(CCN=C(C)CC(C)C)[Si](OCC)(OCC)OCC. The number of aliphatic imine (C=N–C) groups is 1. The molecule has 0 fully saturated rings. The first-order chi connectivity index (χ1) is 12.0. The molecule has 0 aromatic carbocycles. The Hall–Kier alpha value is -0.233. The van der Waals surface area contributed by atoms with Crippen molar-refractivity contribution in [1.29, 1.82) is 0 Å². The molecule has 0 spiro atoms. The molecule has 0 saturated carbocycles. The highest BCUT2D eigenvalue weighted by molar-refractivity contribution is 6.62. The predicted octanol–water partition coefficient (Wildman–Crippen LogP) is 5.88. The third-order valence-corrected chi connectivity index (χ3v) is 7.91. The largest absolute Gasteiger partial charge is 0.504 e. The average molecular weight is 374 g/mol. The summed E-state index contributed by atoms with van der Waals surface area (Å²) in [5.74, 6) is 0.660. The van der Waals surface area contributed by atoms with Crippen LogP contribution in [0.1, 0.15) is 87.0 Å². The van der Waals surface area contributed by atoms with Crippen LogP contribution in [0.2, 0.25) is 5.54 Å². The fraction of sp³-hybridized carbons (Fsp3) is 0.950. The zero-order chi connectivity index (χ0) is 19.1. The quantitative estimate of drug-likeness (QED) is 0.193. The Morgan fingerprint density at radius 1 is 0.880 bits per heavy atom. The molecule has 25 heavy (non-hydrogen) atoms. The minimum atomic E-state index is -2.65. The highest BCUT2D eigenvalue weighted by atomic mass is 28.4. The summed E-state index contributed by atoms with van der Waals surface area (Å²) in [6.45, 7) is 17.8. The number of hydrogen-bond acceptors (Lipinski definition) is 4. The summed E-state index contributed by atoms with van der Waals surface area (Å²) in [6.07, 6.45) is 6.86. The monoisotopic (exact) mass is 373 g/mol. The Morgan fingerprint density at radius 3 is 1.88 bits per heavy atom. The van der Waals surface area contributed by atoms with Gasteiger partial charge in [-0.15, -0.1) is 0 Å². The van der Waals surface area contributed by atoms with E-state index in [0.29, 0.717) is 31.3 Å². The minimum Gasteiger partial charge on any atom is -0.374 e. The summed E-state index contributed by atoms with van der Waals surface area (Å²) in [6, 6.07) is 0. The molecule has 0 heterocycles. The zero-order valence-electron chi connectivity index (χ0n) is 17.9. The maximum absolute atomic E-state index is 6.17. The Morgan fingerprint density at radius 2 is 1.44 bits per heavy atom. The molecule has 0 bridgehead atoms. The van der Waals surface area contributed by atoms with E-state index in [4.69, 9.17) is 18.3 Å². The lowest BCUT2D eigenvalue weighted by atomic mass is 10.1. The molecular weight excluding hydrogens is 330 g/mol. The van der Waals surface area contributed by atoms with E-state index < -0.39 is 8.80 Å². The first kappa shape index (κ1) is 24.8.